The second-order valence-electron chi connectivity index (χ2n) is 6.07. The van der Waals surface area contributed by atoms with Gasteiger partial charge in [0.15, 0.2) is 0 Å². The average Bonchev–Trinajstić information content (AvgIpc) is 3.12. The highest BCUT2D eigenvalue weighted by Gasteiger charge is 2.18. The zero-order chi connectivity index (χ0) is 20.5. The number of aromatic nitrogens is 3. The normalized spacial score (nSPS) is 11.0. The Morgan fingerprint density at radius 3 is 2.66 bits per heavy atom. The second-order valence-corrected chi connectivity index (χ2v) is 6.50. The standard InChI is InChI=1S/C19H11ClF2N4O3/c20-11-3-1-10(2-4-11)17-16-18(29-25-17)23-9-26(19(16)28)8-15(27)24-14-6-5-12(21)7-13(14)22/h1-7,9H,8H2,(H,24,27). The van der Waals surface area contributed by atoms with Gasteiger partial charge in [0.25, 0.3) is 11.3 Å². The molecule has 4 aromatic rings. The van der Waals surface area contributed by atoms with Gasteiger partial charge in [-0.2, -0.15) is 0 Å². The molecule has 29 heavy (non-hydrogen) atoms. The molecule has 0 spiro atoms. The van der Waals surface area contributed by atoms with E-state index in [1.807, 2.05) is 0 Å². The minimum Gasteiger partial charge on any atom is -0.335 e. The molecular weight excluding hydrogens is 406 g/mol. The number of rotatable bonds is 4. The van der Waals surface area contributed by atoms with Crippen molar-refractivity contribution in [2.75, 3.05) is 5.32 Å². The van der Waals surface area contributed by atoms with Gasteiger partial charge in [0.1, 0.15) is 35.6 Å². The van der Waals surface area contributed by atoms with Crippen LogP contribution in [0, 0.1) is 11.6 Å². The van der Waals surface area contributed by atoms with Gasteiger partial charge in [0, 0.05) is 16.7 Å². The summed E-state index contributed by atoms with van der Waals surface area (Å²) in [5, 5.41) is 6.78. The fourth-order valence-corrected chi connectivity index (χ4v) is 2.86. The maximum atomic E-state index is 13.7. The Hall–Kier alpha value is -3.59. The SMILES string of the molecule is O=C(Cn1cnc2onc(-c3ccc(Cl)cc3)c2c1=O)Nc1ccc(F)cc1F. The van der Waals surface area contributed by atoms with Gasteiger partial charge in [-0.05, 0) is 24.3 Å². The Kier molecular flexibility index (Phi) is 4.81. The number of carbonyl (C=O) groups excluding carboxylic acids is 1. The number of hydrogen-bond donors (Lipinski definition) is 1. The van der Waals surface area contributed by atoms with Crippen LogP contribution in [0.4, 0.5) is 14.5 Å². The monoisotopic (exact) mass is 416 g/mol. The molecule has 0 fully saturated rings. The molecule has 146 valence electrons. The number of halogens is 3. The molecule has 0 radical (unpaired) electrons. The number of benzene rings is 2. The van der Waals surface area contributed by atoms with Gasteiger partial charge in [-0.25, -0.2) is 13.8 Å². The largest absolute Gasteiger partial charge is 0.335 e. The zero-order valence-corrected chi connectivity index (χ0v) is 15.3. The van der Waals surface area contributed by atoms with Crippen LogP contribution in [0.5, 0.6) is 0 Å². The van der Waals surface area contributed by atoms with Gasteiger partial charge in [-0.1, -0.05) is 28.9 Å². The summed E-state index contributed by atoms with van der Waals surface area (Å²) < 4.78 is 32.8. The van der Waals surface area contributed by atoms with Gasteiger partial charge in [0.2, 0.25) is 5.91 Å². The van der Waals surface area contributed by atoms with Crippen molar-refractivity contribution in [2.24, 2.45) is 0 Å². The summed E-state index contributed by atoms with van der Waals surface area (Å²) in [5.74, 6) is -2.39. The molecule has 4 rings (SSSR count). The van der Waals surface area contributed by atoms with Crippen molar-refractivity contribution in [1.82, 2.24) is 14.7 Å². The third kappa shape index (κ3) is 3.72. The van der Waals surface area contributed by atoms with Crippen LogP contribution in [-0.4, -0.2) is 20.6 Å². The molecule has 1 amide bonds. The average molecular weight is 417 g/mol. The van der Waals surface area contributed by atoms with Crippen LogP contribution in [0.15, 0.2) is 58.1 Å². The number of amides is 1. The quantitative estimate of drug-likeness (QED) is 0.548. The van der Waals surface area contributed by atoms with E-state index in [4.69, 9.17) is 16.1 Å². The predicted molar refractivity (Wildman–Crippen MR) is 101 cm³/mol. The number of anilines is 1. The fraction of sp³-hybridized carbons (Fsp3) is 0.0526. The predicted octanol–water partition coefficient (Wildman–Crippen LogP) is 3.62. The molecule has 0 saturated heterocycles. The first-order chi connectivity index (χ1) is 13.9. The van der Waals surface area contributed by atoms with E-state index < -0.39 is 29.6 Å². The van der Waals surface area contributed by atoms with E-state index in [0.29, 0.717) is 16.7 Å². The van der Waals surface area contributed by atoms with Gasteiger partial charge < -0.3 is 9.84 Å². The van der Waals surface area contributed by atoms with Crippen molar-refractivity contribution >= 4 is 34.3 Å². The Bertz CT molecular complexity index is 1290. The summed E-state index contributed by atoms with van der Waals surface area (Å²) in [4.78, 5) is 29.1. The third-order valence-electron chi connectivity index (χ3n) is 4.10. The lowest BCUT2D eigenvalue weighted by molar-refractivity contribution is -0.116. The number of nitrogens with zero attached hydrogens (tertiary/aromatic N) is 3. The molecule has 2 heterocycles. The molecule has 0 aliphatic heterocycles. The smallest absolute Gasteiger partial charge is 0.267 e. The summed E-state index contributed by atoms with van der Waals surface area (Å²) >= 11 is 5.88. The Morgan fingerprint density at radius 2 is 1.93 bits per heavy atom. The highest BCUT2D eigenvalue weighted by atomic mass is 35.5. The number of fused-ring (bicyclic) bond motifs is 1. The highest BCUT2D eigenvalue weighted by Crippen LogP contribution is 2.25. The first-order valence-electron chi connectivity index (χ1n) is 8.28. The van der Waals surface area contributed by atoms with Crippen LogP contribution in [-0.2, 0) is 11.3 Å². The number of carbonyl (C=O) groups is 1. The van der Waals surface area contributed by atoms with Crippen LogP contribution < -0.4 is 10.9 Å². The van der Waals surface area contributed by atoms with Gasteiger partial charge in [0.05, 0.1) is 5.69 Å². The molecule has 2 aromatic carbocycles. The molecule has 0 atom stereocenters. The summed E-state index contributed by atoms with van der Waals surface area (Å²) in [6.07, 6.45) is 1.13. The van der Waals surface area contributed by atoms with Crippen LogP contribution in [0.25, 0.3) is 22.4 Å². The maximum absolute atomic E-state index is 13.7. The van der Waals surface area contributed by atoms with Crippen molar-refractivity contribution < 1.29 is 18.1 Å². The lowest BCUT2D eigenvalue weighted by Crippen LogP contribution is -2.28. The van der Waals surface area contributed by atoms with E-state index in [1.165, 1.54) is 0 Å². The lowest BCUT2D eigenvalue weighted by Gasteiger charge is -2.08. The minimum absolute atomic E-state index is 0.0150. The first kappa shape index (κ1) is 18.8. The molecule has 0 saturated carbocycles. The van der Waals surface area contributed by atoms with Gasteiger partial charge in [-0.3, -0.25) is 14.2 Å². The Morgan fingerprint density at radius 1 is 1.17 bits per heavy atom. The molecule has 0 aliphatic rings. The van der Waals surface area contributed by atoms with Gasteiger partial charge >= 0.3 is 0 Å². The van der Waals surface area contributed by atoms with Crippen LogP contribution in [0.1, 0.15) is 0 Å². The van der Waals surface area contributed by atoms with Crippen molar-refractivity contribution in [2.45, 2.75) is 6.54 Å². The zero-order valence-electron chi connectivity index (χ0n) is 14.5. The van der Waals surface area contributed by atoms with E-state index in [-0.39, 0.29) is 22.5 Å². The molecule has 1 N–H and O–H groups in total. The number of nitrogens with one attached hydrogen (secondary N) is 1. The Labute approximate surface area is 166 Å². The summed E-state index contributed by atoms with van der Waals surface area (Å²) in [6.45, 7) is -0.441. The molecule has 2 aromatic heterocycles. The van der Waals surface area contributed by atoms with Crippen molar-refractivity contribution in [3.63, 3.8) is 0 Å². The van der Waals surface area contributed by atoms with Crippen LogP contribution >= 0.6 is 11.6 Å². The molecule has 0 unspecified atom stereocenters. The second kappa shape index (κ2) is 7.44. The summed E-state index contributed by atoms with van der Waals surface area (Å²) in [6, 6.07) is 9.35. The van der Waals surface area contributed by atoms with E-state index in [9.17, 15) is 18.4 Å². The van der Waals surface area contributed by atoms with Crippen LogP contribution in [0.2, 0.25) is 5.02 Å². The lowest BCUT2D eigenvalue weighted by atomic mass is 10.1. The van der Waals surface area contributed by atoms with E-state index >= 15 is 0 Å². The molecule has 7 nitrogen and oxygen atoms in total. The molecule has 10 heteroatoms. The topological polar surface area (TPSA) is 90.0 Å². The fourth-order valence-electron chi connectivity index (χ4n) is 2.73. The van der Waals surface area contributed by atoms with E-state index in [2.05, 4.69) is 15.5 Å². The van der Waals surface area contributed by atoms with E-state index in [1.54, 1.807) is 24.3 Å². The summed E-state index contributed by atoms with van der Waals surface area (Å²) in [5.41, 5.74) is 0.0959. The Balaban J connectivity index is 1.65. The minimum atomic E-state index is -0.927. The molecule has 0 aliphatic carbocycles. The highest BCUT2D eigenvalue weighted by molar-refractivity contribution is 6.30. The van der Waals surface area contributed by atoms with Gasteiger partial charge in [-0.15, -0.1) is 0 Å². The first-order valence-corrected chi connectivity index (χ1v) is 8.66. The third-order valence-corrected chi connectivity index (χ3v) is 4.35. The van der Waals surface area contributed by atoms with E-state index in [0.717, 1.165) is 23.0 Å². The maximum Gasteiger partial charge on any atom is 0.267 e. The summed E-state index contributed by atoms with van der Waals surface area (Å²) in [7, 11) is 0. The van der Waals surface area contributed by atoms with Crippen LogP contribution in [0.3, 0.4) is 0 Å². The van der Waals surface area contributed by atoms with Crippen molar-refractivity contribution in [1.29, 1.82) is 0 Å². The molecular formula is C19H11ClF2N4O3. The van der Waals surface area contributed by atoms with Crippen molar-refractivity contribution in [3.05, 3.63) is 75.8 Å². The van der Waals surface area contributed by atoms with Crippen molar-refractivity contribution in [3.8, 4) is 11.3 Å². The molecule has 0 bridgehead atoms. The number of hydrogen-bond acceptors (Lipinski definition) is 5.